The van der Waals surface area contributed by atoms with E-state index in [1.54, 1.807) is 0 Å². The molecule has 2 unspecified atom stereocenters. The van der Waals surface area contributed by atoms with Gasteiger partial charge in [0.15, 0.2) is 11.5 Å². The number of hydrogen-bond donors (Lipinski definition) is 0. The van der Waals surface area contributed by atoms with Gasteiger partial charge in [-0.1, -0.05) is 0 Å². The third kappa shape index (κ3) is 4.80. The van der Waals surface area contributed by atoms with Gasteiger partial charge in [0.25, 0.3) is 21.8 Å². The van der Waals surface area contributed by atoms with E-state index in [9.17, 15) is 23.3 Å². The van der Waals surface area contributed by atoms with Crippen molar-refractivity contribution in [3.8, 4) is 11.5 Å². The van der Waals surface area contributed by atoms with Gasteiger partial charge in [-0.25, -0.2) is 0 Å². The molecule has 2 fully saturated rings. The second kappa shape index (κ2) is 9.57. The number of benzene rings is 1. The number of hydrogen-bond acceptors (Lipinski definition) is 8. The number of methoxy groups -OCH3 is 2. The monoisotopic (exact) mass is 472 g/mol. The Morgan fingerprint density at radius 3 is 2.06 bits per heavy atom. The SMILES string of the molecule is COc1cc(C(=O)N2CCN(S(=O)(=O)N3CC(C)OC(C)C3)CC2)c([N+](=O)[O-])cc1OC. The smallest absolute Gasteiger partial charge is 0.286 e. The molecule has 2 atom stereocenters. The van der Waals surface area contributed by atoms with Crippen molar-refractivity contribution in [3.63, 3.8) is 0 Å². The van der Waals surface area contributed by atoms with Crippen LogP contribution in [0, 0.1) is 10.1 Å². The van der Waals surface area contributed by atoms with Crippen LogP contribution in [0.1, 0.15) is 24.2 Å². The van der Waals surface area contributed by atoms with E-state index in [0.29, 0.717) is 0 Å². The van der Waals surface area contributed by atoms with Gasteiger partial charge >= 0.3 is 0 Å². The van der Waals surface area contributed by atoms with Crippen LogP contribution in [0.5, 0.6) is 11.5 Å². The number of rotatable bonds is 6. The van der Waals surface area contributed by atoms with E-state index in [4.69, 9.17) is 14.2 Å². The minimum Gasteiger partial charge on any atom is -0.493 e. The molecular weight excluding hydrogens is 444 g/mol. The van der Waals surface area contributed by atoms with Crippen LogP contribution >= 0.6 is 0 Å². The number of morpholine rings is 1. The fraction of sp³-hybridized carbons (Fsp3) is 0.632. The molecule has 2 saturated heterocycles. The number of ether oxygens (including phenoxy) is 3. The highest BCUT2D eigenvalue weighted by atomic mass is 32.2. The Morgan fingerprint density at radius 2 is 1.56 bits per heavy atom. The predicted octanol–water partition coefficient (Wildman–Crippen LogP) is 0.724. The lowest BCUT2D eigenvalue weighted by Crippen LogP contribution is -2.57. The predicted molar refractivity (Wildman–Crippen MR) is 114 cm³/mol. The van der Waals surface area contributed by atoms with Crippen LogP contribution in [0.2, 0.25) is 0 Å². The molecule has 0 bridgehead atoms. The summed E-state index contributed by atoms with van der Waals surface area (Å²) >= 11 is 0. The van der Waals surface area contributed by atoms with Crippen molar-refractivity contribution in [2.24, 2.45) is 0 Å². The lowest BCUT2D eigenvalue weighted by Gasteiger charge is -2.40. The summed E-state index contributed by atoms with van der Waals surface area (Å²) in [6.45, 7) is 4.59. The number of nitro groups is 1. The van der Waals surface area contributed by atoms with E-state index in [2.05, 4.69) is 0 Å². The van der Waals surface area contributed by atoms with Gasteiger partial charge in [-0.05, 0) is 13.8 Å². The first kappa shape index (κ1) is 24.2. The molecule has 12 nitrogen and oxygen atoms in total. The number of carbonyl (C=O) groups excluding carboxylic acids is 1. The van der Waals surface area contributed by atoms with Crippen molar-refractivity contribution in [1.29, 1.82) is 0 Å². The molecule has 3 rings (SSSR count). The van der Waals surface area contributed by atoms with Gasteiger partial charge in [0.2, 0.25) is 0 Å². The summed E-state index contributed by atoms with van der Waals surface area (Å²) in [6, 6.07) is 2.42. The third-order valence-corrected chi connectivity index (χ3v) is 7.46. The van der Waals surface area contributed by atoms with E-state index in [1.165, 1.54) is 33.8 Å². The van der Waals surface area contributed by atoms with E-state index in [1.807, 2.05) is 13.8 Å². The van der Waals surface area contributed by atoms with Crippen LogP contribution in [-0.2, 0) is 14.9 Å². The first-order valence-electron chi connectivity index (χ1n) is 10.2. The Morgan fingerprint density at radius 1 is 1.03 bits per heavy atom. The maximum absolute atomic E-state index is 13.1. The Kier molecular flexibility index (Phi) is 7.22. The average Bonchev–Trinajstić information content (AvgIpc) is 2.76. The summed E-state index contributed by atoms with van der Waals surface area (Å²) in [4.78, 5) is 25.3. The van der Waals surface area contributed by atoms with Crippen LogP contribution < -0.4 is 9.47 Å². The molecule has 1 aromatic rings. The molecule has 0 N–H and O–H groups in total. The fourth-order valence-corrected chi connectivity index (χ4v) is 5.71. The van der Waals surface area contributed by atoms with Crippen LogP contribution in [0.4, 0.5) is 5.69 Å². The van der Waals surface area contributed by atoms with Crippen molar-refractivity contribution in [2.45, 2.75) is 26.1 Å². The Balaban J connectivity index is 1.75. The Labute approximate surface area is 186 Å². The first-order valence-corrected chi connectivity index (χ1v) is 11.6. The minimum atomic E-state index is -3.70. The number of carbonyl (C=O) groups is 1. The molecule has 2 heterocycles. The van der Waals surface area contributed by atoms with Crippen LogP contribution in [0.15, 0.2) is 12.1 Å². The van der Waals surface area contributed by atoms with Crippen LogP contribution in [0.25, 0.3) is 0 Å². The molecule has 1 aromatic carbocycles. The number of nitrogens with zero attached hydrogens (tertiary/aromatic N) is 4. The van der Waals surface area contributed by atoms with E-state index in [0.717, 1.165) is 6.07 Å². The number of piperazine rings is 1. The number of amides is 1. The van der Waals surface area contributed by atoms with Crippen LogP contribution in [0.3, 0.4) is 0 Å². The molecule has 2 aliphatic rings. The lowest BCUT2D eigenvalue weighted by atomic mass is 10.1. The minimum absolute atomic E-state index is 0.0925. The summed E-state index contributed by atoms with van der Waals surface area (Å²) in [5.74, 6) is -0.234. The molecule has 178 valence electrons. The molecule has 2 aliphatic heterocycles. The highest BCUT2D eigenvalue weighted by Crippen LogP contribution is 2.35. The zero-order valence-electron chi connectivity index (χ0n) is 18.5. The van der Waals surface area contributed by atoms with Crippen LogP contribution in [-0.4, -0.2) is 98.5 Å². The fourth-order valence-electron chi connectivity index (χ4n) is 3.97. The highest BCUT2D eigenvalue weighted by molar-refractivity contribution is 7.86. The van der Waals surface area contributed by atoms with Gasteiger partial charge in [0.05, 0.1) is 37.4 Å². The molecule has 1 amide bonds. The van der Waals surface area contributed by atoms with Gasteiger partial charge in [-0.15, -0.1) is 0 Å². The summed E-state index contributed by atoms with van der Waals surface area (Å²) < 4.78 is 44.7. The van der Waals surface area contributed by atoms with Gasteiger partial charge < -0.3 is 19.1 Å². The van der Waals surface area contributed by atoms with Gasteiger partial charge in [0.1, 0.15) is 5.56 Å². The van der Waals surface area contributed by atoms with E-state index >= 15 is 0 Å². The maximum Gasteiger partial charge on any atom is 0.286 e. The lowest BCUT2D eigenvalue weighted by molar-refractivity contribution is -0.385. The second-order valence-corrected chi connectivity index (χ2v) is 9.68. The van der Waals surface area contributed by atoms with Crippen molar-refractivity contribution in [1.82, 2.24) is 13.5 Å². The summed E-state index contributed by atoms with van der Waals surface area (Å²) in [5, 5.41) is 11.5. The Hall–Kier alpha value is -2.48. The first-order chi connectivity index (χ1) is 15.1. The zero-order chi connectivity index (χ0) is 23.6. The van der Waals surface area contributed by atoms with Gasteiger partial charge in [0, 0.05) is 45.3 Å². The van der Waals surface area contributed by atoms with Crippen molar-refractivity contribution >= 4 is 21.8 Å². The van der Waals surface area contributed by atoms with E-state index in [-0.39, 0.29) is 68.5 Å². The van der Waals surface area contributed by atoms with Gasteiger partial charge in [-0.3, -0.25) is 14.9 Å². The quantitative estimate of drug-likeness (QED) is 0.437. The topological polar surface area (TPSA) is 132 Å². The molecule has 0 spiro atoms. The molecule has 0 aliphatic carbocycles. The van der Waals surface area contributed by atoms with Crippen molar-refractivity contribution in [2.75, 3.05) is 53.5 Å². The van der Waals surface area contributed by atoms with E-state index < -0.39 is 26.7 Å². The summed E-state index contributed by atoms with van der Waals surface area (Å²) in [5.41, 5.74) is -0.543. The summed E-state index contributed by atoms with van der Waals surface area (Å²) in [6.07, 6.45) is -0.413. The van der Waals surface area contributed by atoms with Crippen molar-refractivity contribution < 1.29 is 32.3 Å². The molecule has 0 radical (unpaired) electrons. The average molecular weight is 473 g/mol. The standard InChI is InChI=1S/C19H28N4O8S/c1-13-11-22(12-14(2)31-13)32(27,28)21-7-5-20(6-8-21)19(24)15-9-17(29-3)18(30-4)10-16(15)23(25)26/h9-10,13-14H,5-8,11-12H2,1-4H3. The van der Waals surface area contributed by atoms with Gasteiger partial charge in [-0.2, -0.15) is 17.0 Å². The second-order valence-electron chi connectivity index (χ2n) is 7.75. The molecule has 32 heavy (non-hydrogen) atoms. The summed E-state index contributed by atoms with van der Waals surface area (Å²) in [7, 11) is -0.986. The molecule has 13 heteroatoms. The largest absolute Gasteiger partial charge is 0.493 e. The third-order valence-electron chi connectivity index (χ3n) is 5.49. The molecule has 0 saturated carbocycles. The Bertz CT molecular complexity index is 968. The maximum atomic E-state index is 13.1. The zero-order valence-corrected chi connectivity index (χ0v) is 19.3. The number of nitro benzene ring substituents is 1. The van der Waals surface area contributed by atoms with Crippen molar-refractivity contribution in [3.05, 3.63) is 27.8 Å². The normalized spacial score (nSPS) is 23.1. The molecular formula is C19H28N4O8S. The highest BCUT2D eigenvalue weighted by Gasteiger charge is 2.38. The molecule has 0 aromatic heterocycles.